The van der Waals surface area contributed by atoms with E-state index in [0.29, 0.717) is 22.8 Å². The van der Waals surface area contributed by atoms with E-state index in [1.807, 2.05) is 12.1 Å². The first-order chi connectivity index (χ1) is 19.4. The van der Waals surface area contributed by atoms with Crippen LogP contribution in [0.4, 0.5) is 21.7 Å². The lowest BCUT2D eigenvalue weighted by Gasteiger charge is -2.56. The summed E-state index contributed by atoms with van der Waals surface area (Å²) in [6, 6.07) is 15.1. The maximum atomic E-state index is 14.7. The summed E-state index contributed by atoms with van der Waals surface area (Å²) in [5.41, 5.74) is 3.14. The van der Waals surface area contributed by atoms with E-state index >= 15 is 0 Å². The van der Waals surface area contributed by atoms with Crippen molar-refractivity contribution in [3.63, 3.8) is 0 Å². The monoisotopic (exact) mass is 545 g/mol. The average molecular weight is 546 g/mol. The lowest BCUT2D eigenvalue weighted by molar-refractivity contribution is -0.138. The maximum absolute atomic E-state index is 14.7. The van der Waals surface area contributed by atoms with Crippen LogP contribution in [0.5, 0.6) is 5.75 Å². The fraction of sp³-hybridized carbons (Fsp3) is 0.393. The van der Waals surface area contributed by atoms with E-state index in [1.165, 1.54) is 11.2 Å². The van der Waals surface area contributed by atoms with E-state index in [2.05, 4.69) is 43.4 Å². The Balaban J connectivity index is 1.11. The zero-order valence-corrected chi connectivity index (χ0v) is 21.7. The number of alkyl halides is 1. The number of aliphatic hydroxyl groups is 1. The fourth-order valence-corrected chi connectivity index (χ4v) is 5.26. The van der Waals surface area contributed by atoms with Crippen molar-refractivity contribution < 1.29 is 23.8 Å². The summed E-state index contributed by atoms with van der Waals surface area (Å²) in [6.45, 7) is 3.18. The third-order valence-corrected chi connectivity index (χ3v) is 7.54. The summed E-state index contributed by atoms with van der Waals surface area (Å²) >= 11 is 0. The standard InChI is InChI=1S/C28H28FN7O4/c29-22-11-35(25(38)12-37)8-7-24(22)40-23-6-1-18(9-19(23)10-30)26-31-17-32-27(34-26)33-20-2-4-21(5-3-20)36-13-28(14-36)15-39-16-28/h1-6,9,17,22,24,37H,7-8,11-16H2,(H,31,32,33,34)/t22?,24-/m0/s1. The van der Waals surface area contributed by atoms with E-state index in [1.54, 1.807) is 18.2 Å². The van der Waals surface area contributed by atoms with Gasteiger partial charge in [-0.15, -0.1) is 0 Å². The SMILES string of the molecule is N#Cc1cc(-c2ncnc(Nc3ccc(N4CC5(COC5)C4)cc3)n2)ccc1O[C@H]1CCN(C(=O)CO)CC1F. The van der Waals surface area contributed by atoms with E-state index in [0.717, 1.165) is 37.7 Å². The van der Waals surface area contributed by atoms with Gasteiger partial charge in [-0.05, 0) is 42.5 Å². The zero-order valence-electron chi connectivity index (χ0n) is 21.7. The van der Waals surface area contributed by atoms with Gasteiger partial charge >= 0.3 is 0 Å². The van der Waals surface area contributed by atoms with Gasteiger partial charge in [-0.1, -0.05) is 0 Å². The molecule has 0 saturated carbocycles. The van der Waals surface area contributed by atoms with Crippen molar-refractivity contribution in [3.8, 4) is 23.2 Å². The first-order valence-electron chi connectivity index (χ1n) is 13.1. The molecule has 2 aromatic carbocycles. The molecule has 40 heavy (non-hydrogen) atoms. The summed E-state index contributed by atoms with van der Waals surface area (Å²) in [6.07, 6.45) is -0.613. The number of benzene rings is 2. The highest BCUT2D eigenvalue weighted by Crippen LogP contribution is 2.40. The van der Waals surface area contributed by atoms with E-state index < -0.39 is 24.8 Å². The molecule has 1 aromatic heterocycles. The molecule has 1 amide bonds. The Morgan fingerprint density at radius 1 is 1.23 bits per heavy atom. The summed E-state index contributed by atoms with van der Waals surface area (Å²) < 4.78 is 25.9. The molecule has 3 fully saturated rings. The van der Waals surface area contributed by atoms with Crippen LogP contribution in [0.25, 0.3) is 11.4 Å². The Bertz CT molecular complexity index is 1440. The molecular weight excluding hydrogens is 517 g/mol. The molecular formula is C28H28FN7O4. The number of anilines is 3. The van der Waals surface area contributed by atoms with E-state index in [4.69, 9.17) is 14.6 Å². The summed E-state index contributed by atoms with van der Waals surface area (Å²) in [4.78, 5) is 28.2. The minimum Gasteiger partial charge on any atom is -0.486 e. The molecule has 0 aliphatic carbocycles. The van der Waals surface area contributed by atoms with Gasteiger partial charge in [-0.2, -0.15) is 10.2 Å². The maximum Gasteiger partial charge on any atom is 0.248 e. The zero-order chi connectivity index (χ0) is 27.7. The Labute approximate surface area is 230 Å². The van der Waals surface area contributed by atoms with E-state index in [9.17, 15) is 14.4 Å². The first-order valence-corrected chi connectivity index (χ1v) is 13.1. The van der Waals surface area contributed by atoms with Gasteiger partial charge < -0.3 is 29.7 Å². The van der Waals surface area contributed by atoms with Crippen LogP contribution in [0.1, 0.15) is 12.0 Å². The Hall–Kier alpha value is -4.34. The topological polar surface area (TPSA) is 137 Å². The number of likely N-dealkylation sites (tertiary alicyclic amines) is 1. The van der Waals surface area contributed by atoms with Crippen LogP contribution in [0.15, 0.2) is 48.8 Å². The number of hydrogen-bond acceptors (Lipinski definition) is 10. The van der Waals surface area contributed by atoms with E-state index in [-0.39, 0.29) is 30.8 Å². The molecule has 3 aliphatic heterocycles. The fourth-order valence-electron chi connectivity index (χ4n) is 5.26. The number of nitrogens with one attached hydrogen (secondary N) is 1. The van der Waals surface area contributed by atoms with Crippen LogP contribution in [-0.2, 0) is 9.53 Å². The van der Waals surface area contributed by atoms with Crippen molar-refractivity contribution >= 4 is 23.2 Å². The molecule has 3 aromatic rings. The number of aromatic nitrogens is 3. The van der Waals surface area contributed by atoms with Gasteiger partial charge in [0.1, 0.15) is 30.9 Å². The third-order valence-electron chi connectivity index (χ3n) is 7.54. The molecule has 1 unspecified atom stereocenters. The number of carbonyl (C=O) groups is 1. The molecule has 0 radical (unpaired) electrons. The molecule has 4 heterocycles. The highest BCUT2D eigenvalue weighted by Gasteiger charge is 2.49. The van der Waals surface area contributed by atoms with Crippen LogP contribution >= 0.6 is 0 Å². The number of halogens is 1. The highest BCUT2D eigenvalue weighted by molar-refractivity contribution is 5.77. The van der Waals surface area contributed by atoms with Crippen molar-refractivity contribution in [3.05, 3.63) is 54.4 Å². The van der Waals surface area contributed by atoms with Crippen LogP contribution < -0.4 is 15.0 Å². The lowest BCUT2D eigenvalue weighted by atomic mass is 9.78. The van der Waals surface area contributed by atoms with Gasteiger partial charge in [0.15, 0.2) is 12.0 Å². The number of rotatable bonds is 7. The van der Waals surface area contributed by atoms with Crippen molar-refractivity contribution in [2.45, 2.75) is 18.7 Å². The molecule has 0 bridgehead atoms. The number of nitrogens with zero attached hydrogens (tertiary/aromatic N) is 6. The molecule has 1 spiro atoms. The van der Waals surface area contributed by atoms with Gasteiger partial charge in [0.05, 0.1) is 30.7 Å². The summed E-state index contributed by atoms with van der Waals surface area (Å²) in [7, 11) is 0. The lowest BCUT2D eigenvalue weighted by Crippen LogP contribution is -2.66. The number of hydrogen-bond donors (Lipinski definition) is 2. The number of carbonyl (C=O) groups excluding carboxylic acids is 1. The van der Waals surface area contributed by atoms with Crippen LogP contribution in [0.2, 0.25) is 0 Å². The second kappa shape index (κ2) is 10.7. The van der Waals surface area contributed by atoms with Gasteiger partial charge in [0, 0.05) is 43.0 Å². The number of ether oxygens (including phenoxy) is 2. The van der Waals surface area contributed by atoms with Crippen molar-refractivity contribution in [1.29, 1.82) is 5.26 Å². The molecule has 206 valence electrons. The minimum absolute atomic E-state index is 0.165. The molecule has 3 saturated heterocycles. The van der Waals surface area contributed by atoms with Gasteiger partial charge in [-0.25, -0.2) is 14.4 Å². The Kier molecular flexibility index (Phi) is 6.91. The Morgan fingerprint density at radius 2 is 2.02 bits per heavy atom. The van der Waals surface area contributed by atoms with Gasteiger partial charge in [0.2, 0.25) is 11.9 Å². The molecule has 2 N–H and O–H groups in total. The third kappa shape index (κ3) is 5.13. The van der Waals surface area contributed by atoms with Crippen molar-refractivity contribution in [1.82, 2.24) is 19.9 Å². The quantitative estimate of drug-likeness (QED) is 0.455. The van der Waals surface area contributed by atoms with Crippen LogP contribution in [0, 0.1) is 16.7 Å². The predicted octanol–water partition coefficient (Wildman–Crippen LogP) is 2.30. The second-order valence-corrected chi connectivity index (χ2v) is 10.4. The van der Waals surface area contributed by atoms with Gasteiger partial charge in [0.25, 0.3) is 0 Å². The first kappa shape index (κ1) is 25.9. The predicted molar refractivity (Wildman–Crippen MR) is 143 cm³/mol. The number of nitriles is 1. The molecule has 3 aliphatic rings. The largest absolute Gasteiger partial charge is 0.486 e. The smallest absolute Gasteiger partial charge is 0.248 e. The molecule has 2 atom stereocenters. The highest BCUT2D eigenvalue weighted by atomic mass is 19.1. The van der Waals surface area contributed by atoms with Crippen LogP contribution in [-0.4, -0.2) is 89.1 Å². The van der Waals surface area contributed by atoms with Gasteiger partial charge in [-0.3, -0.25) is 4.79 Å². The van der Waals surface area contributed by atoms with Crippen molar-refractivity contribution in [2.24, 2.45) is 5.41 Å². The normalized spacial score (nSPS) is 21.2. The number of aliphatic hydroxyl groups excluding tert-OH is 1. The number of amides is 1. The molecule has 12 heteroatoms. The average Bonchev–Trinajstić information content (AvgIpc) is 2.93. The molecule has 6 rings (SSSR count). The number of piperidine rings is 1. The Morgan fingerprint density at radius 3 is 2.70 bits per heavy atom. The minimum atomic E-state index is -1.44. The summed E-state index contributed by atoms with van der Waals surface area (Å²) in [5, 5.41) is 21.9. The van der Waals surface area contributed by atoms with Crippen LogP contribution in [0.3, 0.4) is 0 Å². The molecule has 11 nitrogen and oxygen atoms in total. The van der Waals surface area contributed by atoms with Crippen molar-refractivity contribution in [2.75, 3.05) is 56.2 Å². The summed E-state index contributed by atoms with van der Waals surface area (Å²) in [5.74, 6) is 0.447. The second-order valence-electron chi connectivity index (χ2n) is 10.4.